The summed E-state index contributed by atoms with van der Waals surface area (Å²) < 4.78 is 0. The first-order valence-corrected chi connectivity index (χ1v) is 8.28. The number of carbonyl (C=O) groups is 1. The molecule has 1 atom stereocenters. The summed E-state index contributed by atoms with van der Waals surface area (Å²) in [5.41, 5.74) is 0. The van der Waals surface area contributed by atoms with Crippen molar-refractivity contribution in [3.8, 4) is 0 Å². The van der Waals surface area contributed by atoms with Gasteiger partial charge in [0.2, 0.25) is 5.91 Å². The quantitative estimate of drug-likeness (QED) is 0.801. The maximum atomic E-state index is 12.2. The van der Waals surface area contributed by atoms with E-state index >= 15 is 0 Å². The average molecular weight is 284 g/mol. The number of likely N-dealkylation sites (tertiary alicyclic amines) is 2. The van der Waals surface area contributed by atoms with Crippen molar-refractivity contribution < 1.29 is 4.79 Å². The number of hydrogen-bond acceptors (Lipinski definition) is 3. The molecular weight excluding hydrogens is 256 g/mol. The van der Waals surface area contributed by atoms with Gasteiger partial charge in [-0.3, -0.25) is 4.79 Å². The van der Waals surface area contributed by atoms with Crippen LogP contribution in [0.3, 0.4) is 0 Å². The van der Waals surface area contributed by atoms with E-state index in [-0.39, 0.29) is 11.2 Å². The fourth-order valence-electron chi connectivity index (χ4n) is 3.14. The summed E-state index contributed by atoms with van der Waals surface area (Å²) in [7, 11) is 0. The van der Waals surface area contributed by atoms with Crippen LogP contribution < -0.4 is 0 Å². The van der Waals surface area contributed by atoms with Crippen LogP contribution in [-0.4, -0.2) is 53.7 Å². The summed E-state index contributed by atoms with van der Waals surface area (Å²) in [4.78, 5) is 16.9. The van der Waals surface area contributed by atoms with Crippen LogP contribution in [0.4, 0.5) is 0 Å². The van der Waals surface area contributed by atoms with Gasteiger partial charge in [0.05, 0.1) is 5.25 Å². The monoisotopic (exact) mass is 284 g/mol. The summed E-state index contributed by atoms with van der Waals surface area (Å²) in [5, 5.41) is -0.130. The average Bonchev–Trinajstić information content (AvgIpc) is 2.90. The predicted molar refractivity (Wildman–Crippen MR) is 82.6 cm³/mol. The van der Waals surface area contributed by atoms with Crippen LogP contribution in [0.15, 0.2) is 0 Å². The minimum atomic E-state index is -0.130. The van der Waals surface area contributed by atoms with Crippen molar-refractivity contribution in [2.75, 3.05) is 32.7 Å². The summed E-state index contributed by atoms with van der Waals surface area (Å²) in [6.07, 6.45) is 5.07. The zero-order chi connectivity index (χ0) is 13.8. The maximum Gasteiger partial charge on any atom is 0.235 e. The van der Waals surface area contributed by atoms with Gasteiger partial charge in [-0.05, 0) is 50.6 Å². The van der Waals surface area contributed by atoms with Crippen molar-refractivity contribution in [3.05, 3.63) is 0 Å². The van der Waals surface area contributed by atoms with Crippen molar-refractivity contribution in [3.63, 3.8) is 0 Å². The number of rotatable bonds is 4. The van der Waals surface area contributed by atoms with Crippen LogP contribution in [-0.2, 0) is 4.79 Å². The van der Waals surface area contributed by atoms with E-state index in [2.05, 4.69) is 31.4 Å². The standard InChI is InChI=1S/C15H28N2OS/c1-12(2)14(19)15(18)17-9-5-13(6-10-17)11-16-7-3-4-8-16/h12-14,19H,3-11H2,1-2H3. The minimum absolute atomic E-state index is 0.130. The molecule has 19 heavy (non-hydrogen) atoms. The molecule has 0 aromatic carbocycles. The first kappa shape index (κ1) is 15.2. The molecule has 0 aliphatic carbocycles. The van der Waals surface area contributed by atoms with Crippen molar-refractivity contribution in [1.82, 2.24) is 9.80 Å². The molecule has 2 aliphatic rings. The summed E-state index contributed by atoms with van der Waals surface area (Å²) >= 11 is 4.45. The molecule has 2 rings (SSSR count). The largest absolute Gasteiger partial charge is 0.342 e. The van der Waals surface area contributed by atoms with Gasteiger partial charge >= 0.3 is 0 Å². The van der Waals surface area contributed by atoms with Gasteiger partial charge in [-0.25, -0.2) is 0 Å². The van der Waals surface area contributed by atoms with E-state index < -0.39 is 0 Å². The molecule has 2 heterocycles. The highest BCUT2D eigenvalue weighted by Crippen LogP contribution is 2.22. The molecule has 110 valence electrons. The van der Waals surface area contributed by atoms with Crippen LogP contribution in [0.25, 0.3) is 0 Å². The molecule has 0 saturated carbocycles. The van der Waals surface area contributed by atoms with E-state index in [9.17, 15) is 4.79 Å². The summed E-state index contributed by atoms with van der Waals surface area (Å²) in [5.74, 6) is 1.34. The number of nitrogens with zero attached hydrogens (tertiary/aromatic N) is 2. The Morgan fingerprint density at radius 3 is 2.26 bits per heavy atom. The first-order chi connectivity index (χ1) is 9.08. The SMILES string of the molecule is CC(C)C(S)C(=O)N1CCC(CN2CCCC2)CC1. The molecule has 0 N–H and O–H groups in total. The maximum absolute atomic E-state index is 12.2. The molecule has 3 nitrogen and oxygen atoms in total. The Bertz CT molecular complexity index is 295. The van der Waals surface area contributed by atoms with Crippen molar-refractivity contribution in [1.29, 1.82) is 0 Å². The fourth-order valence-corrected chi connectivity index (χ4v) is 3.30. The Hall–Kier alpha value is -0.220. The van der Waals surface area contributed by atoms with E-state index in [1.54, 1.807) is 0 Å². The second-order valence-corrected chi connectivity index (χ2v) is 7.02. The normalized spacial score (nSPS) is 24.1. The molecule has 0 spiro atoms. The predicted octanol–water partition coefficient (Wildman–Crippen LogP) is 2.28. The first-order valence-electron chi connectivity index (χ1n) is 7.77. The van der Waals surface area contributed by atoms with Crippen LogP contribution >= 0.6 is 12.6 Å². The molecule has 2 fully saturated rings. The Morgan fingerprint density at radius 1 is 1.16 bits per heavy atom. The summed E-state index contributed by atoms with van der Waals surface area (Å²) in [6.45, 7) is 9.81. The van der Waals surface area contributed by atoms with Crippen molar-refractivity contribution in [2.24, 2.45) is 11.8 Å². The second kappa shape index (κ2) is 6.98. The molecule has 0 aromatic rings. The number of amides is 1. The molecule has 0 radical (unpaired) electrons. The van der Waals surface area contributed by atoms with Gasteiger partial charge < -0.3 is 9.80 Å². The number of hydrogen-bond donors (Lipinski definition) is 1. The highest BCUT2D eigenvalue weighted by Gasteiger charge is 2.28. The Balaban J connectivity index is 1.74. The highest BCUT2D eigenvalue weighted by molar-refractivity contribution is 7.81. The Kier molecular flexibility index (Phi) is 5.58. The number of thiol groups is 1. The molecule has 1 amide bonds. The third-order valence-electron chi connectivity index (χ3n) is 4.53. The van der Waals surface area contributed by atoms with Crippen molar-refractivity contribution >= 4 is 18.5 Å². The van der Waals surface area contributed by atoms with Gasteiger partial charge in [-0.1, -0.05) is 13.8 Å². The Labute approximate surface area is 123 Å². The molecule has 2 saturated heterocycles. The van der Waals surface area contributed by atoms with Gasteiger partial charge in [0.25, 0.3) is 0 Å². The van der Waals surface area contributed by atoms with Gasteiger partial charge in [-0.2, -0.15) is 12.6 Å². The zero-order valence-electron chi connectivity index (χ0n) is 12.3. The van der Waals surface area contributed by atoms with Crippen LogP contribution in [0.1, 0.15) is 39.5 Å². The lowest BCUT2D eigenvalue weighted by molar-refractivity contribution is -0.132. The topological polar surface area (TPSA) is 23.6 Å². The van der Waals surface area contributed by atoms with E-state index in [0.29, 0.717) is 5.92 Å². The van der Waals surface area contributed by atoms with E-state index in [1.165, 1.54) is 45.3 Å². The minimum Gasteiger partial charge on any atom is -0.342 e. The second-order valence-electron chi connectivity index (χ2n) is 6.47. The van der Waals surface area contributed by atoms with E-state index in [4.69, 9.17) is 0 Å². The Morgan fingerprint density at radius 2 is 1.74 bits per heavy atom. The fraction of sp³-hybridized carbons (Fsp3) is 0.933. The zero-order valence-corrected chi connectivity index (χ0v) is 13.2. The van der Waals surface area contributed by atoms with Gasteiger partial charge in [0, 0.05) is 19.6 Å². The molecular formula is C15H28N2OS. The lowest BCUT2D eigenvalue weighted by Gasteiger charge is -2.35. The van der Waals surface area contributed by atoms with Crippen LogP contribution in [0.2, 0.25) is 0 Å². The van der Waals surface area contributed by atoms with Crippen LogP contribution in [0.5, 0.6) is 0 Å². The number of carbonyl (C=O) groups excluding carboxylic acids is 1. The van der Waals surface area contributed by atoms with E-state index in [1.807, 2.05) is 4.90 Å². The molecule has 4 heteroatoms. The third-order valence-corrected chi connectivity index (χ3v) is 5.34. The third kappa shape index (κ3) is 4.12. The van der Waals surface area contributed by atoms with Gasteiger partial charge in [-0.15, -0.1) is 0 Å². The molecule has 2 aliphatic heterocycles. The summed E-state index contributed by atoms with van der Waals surface area (Å²) in [6, 6.07) is 0. The number of piperidine rings is 1. The van der Waals surface area contributed by atoms with Crippen molar-refractivity contribution in [2.45, 2.75) is 44.8 Å². The lowest BCUT2D eigenvalue weighted by Crippen LogP contribution is -2.45. The molecule has 1 unspecified atom stereocenters. The van der Waals surface area contributed by atoms with Gasteiger partial charge in [0.15, 0.2) is 0 Å². The van der Waals surface area contributed by atoms with Gasteiger partial charge in [0.1, 0.15) is 0 Å². The highest BCUT2D eigenvalue weighted by atomic mass is 32.1. The lowest BCUT2D eigenvalue weighted by atomic mass is 9.95. The van der Waals surface area contributed by atoms with E-state index in [0.717, 1.165) is 19.0 Å². The van der Waals surface area contributed by atoms with Crippen LogP contribution in [0, 0.1) is 11.8 Å². The smallest absolute Gasteiger partial charge is 0.235 e. The molecule has 0 aromatic heterocycles. The molecule has 0 bridgehead atoms.